The van der Waals surface area contributed by atoms with E-state index in [2.05, 4.69) is 11.1 Å². The van der Waals surface area contributed by atoms with E-state index >= 15 is 0 Å². The number of ether oxygens (including phenoxy) is 2. The predicted octanol–water partition coefficient (Wildman–Crippen LogP) is 3.82. The Labute approximate surface area is 203 Å². The molecule has 0 heterocycles. The van der Waals surface area contributed by atoms with Gasteiger partial charge in [0.15, 0.2) is 6.10 Å². The average molecular weight is 511 g/mol. The number of allylic oxidation sites excluding steroid dienone is 1. The van der Waals surface area contributed by atoms with Crippen molar-refractivity contribution in [2.75, 3.05) is 26.4 Å². The Morgan fingerprint density at radius 1 is 0.912 bits per heavy atom. The molecule has 0 rings (SSSR count). The maximum atomic E-state index is 12.2. The number of aliphatic hydroxyl groups is 2. The highest BCUT2D eigenvalue weighted by atomic mass is 31.2. The van der Waals surface area contributed by atoms with Crippen molar-refractivity contribution in [2.24, 2.45) is 0 Å². The van der Waals surface area contributed by atoms with Crippen molar-refractivity contribution in [3.8, 4) is 0 Å². The van der Waals surface area contributed by atoms with Crippen LogP contribution in [0, 0.1) is 0 Å². The second-order valence-corrected chi connectivity index (χ2v) is 9.55. The molecule has 0 aromatic rings. The van der Waals surface area contributed by atoms with Gasteiger partial charge in [0.2, 0.25) is 0 Å². The van der Waals surface area contributed by atoms with Crippen LogP contribution < -0.4 is 0 Å². The van der Waals surface area contributed by atoms with Crippen LogP contribution in [0.3, 0.4) is 0 Å². The minimum absolute atomic E-state index is 0.173. The van der Waals surface area contributed by atoms with Gasteiger partial charge in [0.1, 0.15) is 12.7 Å². The molecule has 34 heavy (non-hydrogen) atoms. The summed E-state index contributed by atoms with van der Waals surface area (Å²) in [6, 6.07) is 0. The Kier molecular flexibility index (Phi) is 20.2. The molecule has 0 aliphatic carbocycles. The van der Waals surface area contributed by atoms with Crippen LogP contribution in [0.5, 0.6) is 0 Å². The molecule has 3 N–H and O–H groups in total. The summed E-state index contributed by atoms with van der Waals surface area (Å²) in [5.41, 5.74) is 0. The van der Waals surface area contributed by atoms with E-state index in [1.54, 1.807) is 0 Å². The Morgan fingerprint density at radius 3 is 2.12 bits per heavy atom. The smallest absolute Gasteiger partial charge is 0.462 e. The molecule has 0 aliphatic heterocycles. The van der Waals surface area contributed by atoms with E-state index in [-0.39, 0.29) is 19.4 Å². The van der Waals surface area contributed by atoms with Crippen molar-refractivity contribution in [3.63, 3.8) is 0 Å². The van der Waals surface area contributed by atoms with Crippen molar-refractivity contribution in [3.05, 3.63) is 12.7 Å². The maximum absolute atomic E-state index is 12.2. The van der Waals surface area contributed by atoms with Gasteiger partial charge in [-0.15, -0.1) is 6.58 Å². The van der Waals surface area contributed by atoms with Crippen LogP contribution in [0.15, 0.2) is 12.7 Å². The Hall–Kier alpha value is -1.29. The molecule has 10 nitrogen and oxygen atoms in total. The summed E-state index contributed by atoms with van der Waals surface area (Å²) in [7, 11) is -4.57. The zero-order valence-corrected chi connectivity index (χ0v) is 21.3. The molecular formula is C23H43O10P. The van der Waals surface area contributed by atoms with Crippen LogP contribution in [0.4, 0.5) is 0 Å². The maximum Gasteiger partial charge on any atom is 0.472 e. The lowest BCUT2D eigenvalue weighted by Gasteiger charge is -2.20. The van der Waals surface area contributed by atoms with Crippen LogP contribution in [-0.2, 0) is 32.7 Å². The second kappa shape index (κ2) is 21.0. The van der Waals surface area contributed by atoms with Gasteiger partial charge in [-0.1, -0.05) is 51.5 Å². The molecule has 0 bridgehead atoms. The molecule has 0 aromatic heterocycles. The SMILES string of the molecule is C=CCCCCCCCCCC(=O)O[C@H](COC(=O)CCCC)COP(=O)(O)OC[C@@H](O)CO. The molecule has 0 saturated carbocycles. The van der Waals surface area contributed by atoms with Crippen molar-refractivity contribution in [2.45, 2.75) is 96.2 Å². The van der Waals surface area contributed by atoms with Gasteiger partial charge >= 0.3 is 19.8 Å². The van der Waals surface area contributed by atoms with E-state index in [1.165, 1.54) is 6.42 Å². The number of phosphoric acid groups is 1. The quantitative estimate of drug-likeness (QED) is 0.0801. The van der Waals surface area contributed by atoms with Crippen LogP contribution in [0.1, 0.15) is 84.0 Å². The fourth-order valence-corrected chi connectivity index (χ4v) is 3.62. The number of phosphoric ester groups is 1. The molecule has 0 amide bonds. The van der Waals surface area contributed by atoms with Gasteiger partial charge in [-0.2, -0.15) is 0 Å². The number of esters is 2. The Morgan fingerprint density at radius 2 is 1.50 bits per heavy atom. The van der Waals surface area contributed by atoms with Gasteiger partial charge in [-0.3, -0.25) is 18.6 Å². The van der Waals surface area contributed by atoms with E-state index in [0.29, 0.717) is 12.8 Å². The Balaban J connectivity index is 4.46. The normalized spacial score (nSPS) is 14.7. The van der Waals surface area contributed by atoms with E-state index in [1.807, 2.05) is 13.0 Å². The largest absolute Gasteiger partial charge is 0.472 e. The number of carbonyl (C=O) groups is 2. The highest BCUT2D eigenvalue weighted by Gasteiger charge is 2.27. The topological polar surface area (TPSA) is 149 Å². The molecule has 0 spiro atoms. The van der Waals surface area contributed by atoms with Crippen LogP contribution in [0.25, 0.3) is 0 Å². The lowest BCUT2D eigenvalue weighted by Crippen LogP contribution is -2.29. The fraction of sp³-hybridized carbons (Fsp3) is 0.826. The van der Waals surface area contributed by atoms with E-state index in [9.17, 15) is 24.2 Å². The number of carbonyl (C=O) groups excluding carboxylic acids is 2. The summed E-state index contributed by atoms with van der Waals surface area (Å²) in [5.74, 6) is -0.987. The van der Waals surface area contributed by atoms with Gasteiger partial charge in [-0.25, -0.2) is 4.57 Å². The third-order valence-electron chi connectivity index (χ3n) is 4.82. The van der Waals surface area contributed by atoms with Gasteiger partial charge in [0.05, 0.1) is 19.8 Å². The van der Waals surface area contributed by atoms with Gasteiger partial charge < -0.3 is 24.6 Å². The summed E-state index contributed by atoms with van der Waals surface area (Å²) < 4.78 is 31.7. The van der Waals surface area contributed by atoms with Crippen molar-refractivity contribution < 1.29 is 47.8 Å². The predicted molar refractivity (Wildman–Crippen MR) is 127 cm³/mol. The van der Waals surface area contributed by atoms with Gasteiger partial charge in [0.25, 0.3) is 0 Å². The number of unbranched alkanes of at least 4 members (excludes halogenated alkanes) is 8. The summed E-state index contributed by atoms with van der Waals surface area (Å²) >= 11 is 0. The first-order valence-electron chi connectivity index (χ1n) is 12.1. The molecule has 3 atom stereocenters. The highest BCUT2D eigenvalue weighted by molar-refractivity contribution is 7.47. The lowest BCUT2D eigenvalue weighted by atomic mass is 10.1. The summed E-state index contributed by atoms with van der Waals surface area (Å²) in [5, 5.41) is 18.0. The molecule has 0 aliphatic rings. The zero-order valence-electron chi connectivity index (χ0n) is 20.4. The van der Waals surface area contributed by atoms with Crippen molar-refractivity contribution in [1.29, 1.82) is 0 Å². The molecule has 0 saturated heterocycles. The van der Waals surface area contributed by atoms with Crippen LogP contribution in [0.2, 0.25) is 0 Å². The molecule has 0 aromatic carbocycles. The summed E-state index contributed by atoms with van der Waals surface area (Å²) in [4.78, 5) is 33.7. The third-order valence-corrected chi connectivity index (χ3v) is 5.77. The standard InChI is InChI=1S/C23H43O10P/c1-3-5-7-8-9-10-11-12-13-15-23(27)33-21(18-30-22(26)14-6-4-2)19-32-34(28,29)31-17-20(25)16-24/h3,20-21,24-25H,1,4-19H2,2H3,(H,28,29)/t20-,21+/m0/s1. The monoisotopic (exact) mass is 510 g/mol. The minimum Gasteiger partial charge on any atom is -0.462 e. The van der Waals surface area contributed by atoms with E-state index < -0.39 is 51.8 Å². The summed E-state index contributed by atoms with van der Waals surface area (Å²) in [6.07, 6.45) is 9.51. The number of hydrogen-bond acceptors (Lipinski definition) is 9. The van der Waals surface area contributed by atoms with Crippen molar-refractivity contribution >= 4 is 19.8 Å². The molecular weight excluding hydrogens is 467 g/mol. The first kappa shape index (κ1) is 32.7. The second-order valence-electron chi connectivity index (χ2n) is 8.10. The number of rotatable bonds is 23. The average Bonchev–Trinajstić information content (AvgIpc) is 2.81. The fourth-order valence-electron chi connectivity index (χ4n) is 2.83. The Bertz CT molecular complexity index is 598. The highest BCUT2D eigenvalue weighted by Crippen LogP contribution is 2.43. The minimum atomic E-state index is -4.57. The van der Waals surface area contributed by atoms with Gasteiger partial charge in [0, 0.05) is 12.8 Å². The van der Waals surface area contributed by atoms with Crippen LogP contribution >= 0.6 is 7.82 Å². The van der Waals surface area contributed by atoms with Crippen molar-refractivity contribution in [1.82, 2.24) is 0 Å². The number of hydrogen-bond donors (Lipinski definition) is 3. The molecule has 200 valence electrons. The molecule has 0 radical (unpaired) electrons. The first-order valence-corrected chi connectivity index (χ1v) is 13.6. The lowest BCUT2D eigenvalue weighted by molar-refractivity contribution is -0.161. The first-order chi connectivity index (χ1) is 16.2. The van der Waals surface area contributed by atoms with E-state index in [0.717, 1.165) is 44.9 Å². The van der Waals surface area contributed by atoms with E-state index in [4.69, 9.17) is 19.1 Å². The van der Waals surface area contributed by atoms with Gasteiger partial charge in [-0.05, 0) is 25.7 Å². The third kappa shape index (κ3) is 20.1. The van der Waals surface area contributed by atoms with Crippen LogP contribution in [-0.4, -0.2) is 65.7 Å². The number of aliphatic hydroxyl groups excluding tert-OH is 2. The molecule has 11 heteroatoms. The molecule has 1 unspecified atom stereocenters. The zero-order chi connectivity index (χ0) is 25.7. The summed E-state index contributed by atoms with van der Waals surface area (Å²) in [6.45, 7) is 3.51. The molecule has 0 fully saturated rings.